The second-order valence-electron chi connectivity index (χ2n) is 6.91. The van der Waals surface area contributed by atoms with E-state index in [0.29, 0.717) is 6.54 Å². The number of nitrogens with zero attached hydrogens (tertiary/aromatic N) is 4. The zero-order valence-corrected chi connectivity index (χ0v) is 14.9. The van der Waals surface area contributed by atoms with Crippen molar-refractivity contribution in [2.24, 2.45) is 7.05 Å². The van der Waals surface area contributed by atoms with Crippen LogP contribution in [-0.2, 0) is 26.6 Å². The van der Waals surface area contributed by atoms with Crippen molar-refractivity contribution in [2.45, 2.75) is 32.4 Å². The molecule has 0 amide bonds. The molecular formula is C19H23N5O2. The number of hydrogen-bond donors (Lipinski definition) is 1. The molecule has 1 N–H and O–H groups in total. The highest BCUT2D eigenvalue weighted by molar-refractivity contribution is 5.84. The van der Waals surface area contributed by atoms with E-state index in [2.05, 4.69) is 39.2 Å². The first-order chi connectivity index (χ1) is 12.6. The molecule has 7 nitrogen and oxygen atoms in total. The quantitative estimate of drug-likeness (QED) is 0.701. The topological polar surface area (TPSA) is 75.9 Å². The van der Waals surface area contributed by atoms with Crippen molar-refractivity contribution in [2.75, 3.05) is 13.1 Å². The minimum atomic E-state index is -0.367. The van der Waals surface area contributed by atoms with Gasteiger partial charge in [0, 0.05) is 43.3 Å². The van der Waals surface area contributed by atoms with Crippen molar-refractivity contribution in [1.82, 2.24) is 24.2 Å². The van der Waals surface area contributed by atoms with Crippen LogP contribution >= 0.6 is 0 Å². The summed E-state index contributed by atoms with van der Waals surface area (Å²) >= 11 is 0. The van der Waals surface area contributed by atoms with Crippen molar-refractivity contribution < 1.29 is 0 Å². The van der Waals surface area contributed by atoms with E-state index in [-0.39, 0.29) is 11.2 Å². The molecule has 1 aromatic carbocycles. The Bertz CT molecular complexity index is 1050. The van der Waals surface area contributed by atoms with Gasteiger partial charge >= 0.3 is 5.69 Å². The van der Waals surface area contributed by atoms with Crippen LogP contribution in [0.15, 0.2) is 40.1 Å². The Morgan fingerprint density at radius 2 is 1.96 bits per heavy atom. The maximum atomic E-state index is 12.0. The molecule has 3 aromatic rings. The number of aromatic amines is 1. The molecule has 4 rings (SSSR count). The van der Waals surface area contributed by atoms with Crippen LogP contribution in [0.4, 0.5) is 0 Å². The maximum absolute atomic E-state index is 12.0. The number of H-pyrrole nitrogens is 1. The molecule has 26 heavy (non-hydrogen) atoms. The first-order valence-corrected chi connectivity index (χ1v) is 9.07. The Hall–Kier alpha value is -2.67. The maximum Gasteiger partial charge on any atom is 0.347 e. The number of rotatable bonds is 5. The van der Waals surface area contributed by atoms with E-state index in [4.69, 9.17) is 0 Å². The summed E-state index contributed by atoms with van der Waals surface area (Å²) in [5, 5.41) is 5.28. The predicted octanol–water partition coefficient (Wildman–Crippen LogP) is 1.26. The molecule has 3 heterocycles. The molecule has 2 aromatic heterocycles. The smallest absolute Gasteiger partial charge is 0.347 e. The number of unbranched alkanes of at least 4 members (excludes halogenated alkanes) is 1. The number of fused-ring (bicyclic) bond motifs is 3. The highest BCUT2D eigenvalue weighted by atomic mass is 16.2. The van der Waals surface area contributed by atoms with Crippen LogP contribution in [0.25, 0.3) is 10.9 Å². The number of aryl methyl sites for hydroxylation is 1. The van der Waals surface area contributed by atoms with Gasteiger partial charge in [0.25, 0.3) is 5.56 Å². The van der Waals surface area contributed by atoms with E-state index in [9.17, 15) is 9.59 Å². The van der Waals surface area contributed by atoms with E-state index in [0.717, 1.165) is 43.5 Å². The van der Waals surface area contributed by atoms with Crippen molar-refractivity contribution >= 4 is 10.9 Å². The molecule has 0 bridgehead atoms. The zero-order valence-electron chi connectivity index (χ0n) is 14.9. The van der Waals surface area contributed by atoms with E-state index >= 15 is 0 Å². The van der Waals surface area contributed by atoms with E-state index in [1.807, 2.05) is 0 Å². The summed E-state index contributed by atoms with van der Waals surface area (Å²) in [5.74, 6) is 0. The Morgan fingerprint density at radius 3 is 2.85 bits per heavy atom. The van der Waals surface area contributed by atoms with Gasteiger partial charge in [0.2, 0.25) is 0 Å². The fourth-order valence-corrected chi connectivity index (χ4v) is 3.71. The van der Waals surface area contributed by atoms with Crippen molar-refractivity contribution in [3.8, 4) is 0 Å². The molecule has 0 fully saturated rings. The lowest BCUT2D eigenvalue weighted by molar-refractivity contribution is 0.244. The fourth-order valence-electron chi connectivity index (χ4n) is 3.71. The van der Waals surface area contributed by atoms with Gasteiger partial charge in [-0.3, -0.25) is 14.3 Å². The summed E-state index contributed by atoms with van der Waals surface area (Å²) in [7, 11) is 1.48. The summed E-state index contributed by atoms with van der Waals surface area (Å²) in [6, 6.07) is 8.49. The van der Waals surface area contributed by atoms with Crippen LogP contribution < -0.4 is 11.2 Å². The predicted molar refractivity (Wildman–Crippen MR) is 100 cm³/mol. The molecule has 0 saturated carbocycles. The normalized spacial score (nSPS) is 14.7. The third-order valence-electron chi connectivity index (χ3n) is 5.20. The Labute approximate surface area is 150 Å². The number of benzene rings is 1. The first kappa shape index (κ1) is 16.8. The van der Waals surface area contributed by atoms with Crippen molar-refractivity contribution in [1.29, 1.82) is 0 Å². The molecule has 1 aliphatic rings. The lowest BCUT2D eigenvalue weighted by Crippen LogP contribution is -2.39. The zero-order chi connectivity index (χ0) is 18.1. The highest BCUT2D eigenvalue weighted by Gasteiger charge is 2.19. The molecule has 0 aliphatic carbocycles. The minimum Gasteiger partial charge on any atom is -0.357 e. The van der Waals surface area contributed by atoms with Gasteiger partial charge in [-0.05, 0) is 37.4 Å². The van der Waals surface area contributed by atoms with Crippen molar-refractivity contribution in [3.05, 3.63) is 62.6 Å². The monoisotopic (exact) mass is 353 g/mol. The molecule has 0 radical (unpaired) electrons. The summed E-state index contributed by atoms with van der Waals surface area (Å²) < 4.78 is 2.46. The number of nitrogens with one attached hydrogen (secondary N) is 1. The van der Waals surface area contributed by atoms with Gasteiger partial charge in [0.15, 0.2) is 0 Å². The molecule has 0 spiro atoms. The van der Waals surface area contributed by atoms with Crippen LogP contribution in [0.5, 0.6) is 0 Å². The fraction of sp³-hybridized carbons (Fsp3) is 0.421. The lowest BCUT2D eigenvalue weighted by atomic mass is 10.0. The average molecular weight is 353 g/mol. The van der Waals surface area contributed by atoms with Gasteiger partial charge in [-0.15, -0.1) is 0 Å². The summed E-state index contributed by atoms with van der Waals surface area (Å²) in [5.41, 5.74) is 3.29. The Kier molecular flexibility index (Phi) is 4.46. The number of hydrogen-bond acceptors (Lipinski definition) is 4. The highest BCUT2D eigenvalue weighted by Crippen LogP contribution is 2.27. The van der Waals surface area contributed by atoms with Gasteiger partial charge < -0.3 is 4.98 Å². The largest absolute Gasteiger partial charge is 0.357 e. The molecule has 7 heteroatoms. The van der Waals surface area contributed by atoms with Gasteiger partial charge in [-0.1, -0.05) is 18.2 Å². The molecular weight excluding hydrogens is 330 g/mol. The summed E-state index contributed by atoms with van der Waals surface area (Å²) in [6.07, 6.45) is 4.12. The van der Waals surface area contributed by atoms with Crippen LogP contribution in [0.3, 0.4) is 0 Å². The standard InChI is InChI=1S/C19H23N5O2/c1-22-18(25)12-20-24(19(22)26)10-5-4-9-23-11-8-15-14-6-2-3-7-16(14)21-17(15)13-23/h2-3,6-7,12,21H,4-5,8-11,13H2,1H3. The average Bonchev–Trinajstić information content (AvgIpc) is 3.02. The molecule has 0 atom stereocenters. The molecule has 0 saturated heterocycles. The minimum absolute atomic E-state index is 0.349. The van der Waals surface area contributed by atoms with Gasteiger partial charge in [0.1, 0.15) is 6.20 Å². The van der Waals surface area contributed by atoms with Gasteiger partial charge in [-0.2, -0.15) is 5.10 Å². The third kappa shape index (κ3) is 3.10. The lowest BCUT2D eigenvalue weighted by Gasteiger charge is -2.26. The second kappa shape index (κ2) is 6.92. The van der Waals surface area contributed by atoms with E-state index in [1.54, 1.807) is 0 Å². The SMILES string of the molecule is Cn1c(=O)cnn(CCCCN2CCc3c([nH]c4ccccc34)C2)c1=O. The van der Waals surface area contributed by atoms with E-state index < -0.39 is 0 Å². The van der Waals surface area contributed by atoms with Crippen LogP contribution in [0.2, 0.25) is 0 Å². The molecule has 0 unspecified atom stereocenters. The molecule has 1 aliphatic heterocycles. The number of aromatic nitrogens is 4. The third-order valence-corrected chi connectivity index (χ3v) is 5.20. The van der Waals surface area contributed by atoms with Crippen molar-refractivity contribution in [3.63, 3.8) is 0 Å². The Balaban J connectivity index is 1.33. The number of para-hydroxylation sites is 1. The summed E-state index contributed by atoms with van der Waals surface area (Å²) in [6.45, 7) is 3.54. The van der Waals surface area contributed by atoms with E-state index in [1.165, 1.54) is 40.1 Å². The van der Waals surface area contributed by atoms with Gasteiger partial charge in [-0.25, -0.2) is 9.48 Å². The van der Waals surface area contributed by atoms with Crippen LogP contribution in [-0.4, -0.2) is 37.3 Å². The molecule has 136 valence electrons. The Morgan fingerprint density at radius 1 is 1.15 bits per heavy atom. The summed E-state index contributed by atoms with van der Waals surface area (Å²) in [4.78, 5) is 29.3. The van der Waals surface area contributed by atoms with Crippen LogP contribution in [0, 0.1) is 0 Å². The van der Waals surface area contributed by atoms with Crippen LogP contribution in [0.1, 0.15) is 24.1 Å². The first-order valence-electron chi connectivity index (χ1n) is 9.07. The van der Waals surface area contributed by atoms with Gasteiger partial charge in [0.05, 0.1) is 0 Å². The second-order valence-corrected chi connectivity index (χ2v) is 6.91.